The summed E-state index contributed by atoms with van der Waals surface area (Å²) in [5.74, 6) is 1.80. The Morgan fingerprint density at radius 2 is 1.95 bits per heavy atom. The molecule has 2 aliphatic rings. The third-order valence-corrected chi connectivity index (χ3v) is 4.38. The SMILES string of the molecule is c1nc(N(CC2CCNCC2)C2CC2)c2[nH]cnc2n1. The van der Waals surface area contributed by atoms with Gasteiger partial charge in [0.2, 0.25) is 0 Å². The third kappa shape index (κ3) is 2.24. The minimum absolute atomic E-state index is 0.659. The highest BCUT2D eigenvalue weighted by molar-refractivity contribution is 5.83. The molecule has 4 rings (SSSR count). The molecular formula is C14H20N6. The molecule has 3 heterocycles. The molecule has 1 aliphatic heterocycles. The van der Waals surface area contributed by atoms with Crippen LogP contribution in [0.2, 0.25) is 0 Å². The number of imidazole rings is 1. The molecule has 2 aromatic heterocycles. The molecule has 0 aromatic carbocycles. The maximum atomic E-state index is 4.53. The second kappa shape index (κ2) is 5.01. The normalized spacial score (nSPS) is 20.4. The van der Waals surface area contributed by atoms with Crippen molar-refractivity contribution in [2.75, 3.05) is 24.5 Å². The zero-order valence-electron chi connectivity index (χ0n) is 11.5. The highest BCUT2D eigenvalue weighted by Crippen LogP contribution is 2.34. The lowest BCUT2D eigenvalue weighted by molar-refractivity contribution is 0.372. The van der Waals surface area contributed by atoms with Crippen LogP contribution < -0.4 is 10.2 Å². The maximum Gasteiger partial charge on any atom is 0.182 e. The smallest absolute Gasteiger partial charge is 0.182 e. The first-order valence-corrected chi connectivity index (χ1v) is 7.53. The van der Waals surface area contributed by atoms with E-state index in [-0.39, 0.29) is 0 Å². The van der Waals surface area contributed by atoms with Crippen molar-refractivity contribution in [3.63, 3.8) is 0 Å². The lowest BCUT2D eigenvalue weighted by Crippen LogP contribution is -2.37. The molecule has 6 heteroatoms. The maximum absolute atomic E-state index is 4.53. The van der Waals surface area contributed by atoms with E-state index in [1.807, 2.05) is 0 Å². The fourth-order valence-electron chi connectivity index (χ4n) is 3.11. The summed E-state index contributed by atoms with van der Waals surface area (Å²) in [6.45, 7) is 3.40. The Hall–Kier alpha value is -1.69. The molecule has 0 radical (unpaired) electrons. The minimum Gasteiger partial charge on any atom is -0.351 e. The average molecular weight is 272 g/mol. The Morgan fingerprint density at radius 1 is 1.10 bits per heavy atom. The van der Waals surface area contributed by atoms with Crippen LogP contribution in [0.3, 0.4) is 0 Å². The molecule has 0 amide bonds. The Kier molecular flexibility index (Phi) is 3.03. The Morgan fingerprint density at radius 3 is 2.75 bits per heavy atom. The number of aromatic amines is 1. The largest absolute Gasteiger partial charge is 0.351 e. The number of hydrogen-bond donors (Lipinski definition) is 2. The van der Waals surface area contributed by atoms with E-state index in [2.05, 4.69) is 30.2 Å². The highest BCUT2D eigenvalue weighted by Gasteiger charge is 2.33. The van der Waals surface area contributed by atoms with Crippen molar-refractivity contribution in [1.29, 1.82) is 0 Å². The van der Waals surface area contributed by atoms with Gasteiger partial charge in [0.15, 0.2) is 11.5 Å². The van der Waals surface area contributed by atoms with E-state index in [1.54, 1.807) is 12.7 Å². The Bertz CT molecular complexity index is 584. The molecular weight excluding hydrogens is 252 g/mol. The van der Waals surface area contributed by atoms with Crippen molar-refractivity contribution in [3.8, 4) is 0 Å². The number of H-pyrrole nitrogens is 1. The lowest BCUT2D eigenvalue weighted by Gasteiger charge is -2.31. The fourth-order valence-corrected chi connectivity index (χ4v) is 3.11. The average Bonchev–Trinajstić information content (AvgIpc) is 3.22. The van der Waals surface area contributed by atoms with E-state index in [4.69, 9.17) is 0 Å². The van der Waals surface area contributed by atoms with Gasteiger partial charge in [-0.3, -0.25) is 0 Å². The summed E-state index contributed by atoms with van der Waals surface area (Å²) in [6.07, 6.45) is 8.44. The van der Waals surface area contributed by atoms with Crippen LogP contribution in [0.1, 0.15) is 25.7 Å². The van der Waals surface area contributed by atoms with Crippen molar-refractivity contribution in [3.05, 3.63) is 12.7 Å². The van der Waals surface area contributed by atoms with Crippen LogP contribution in [0.4, 0.5) is 5.82 Å². The number of anilines is 1. The van der Waals surface area contributed by atoms with Gasteiger partial charge >= 0.3 is 0 Å². The molecule has 0 bridgehead atoms. The molecule has 0 spiro atoms. The second-order valence-corrected chi connectivity index (χ2v) is 5.88. The van der Waals surface area contributed by atoms with E-state index >= 15 is 0 Å². The van der Waals surface area contributed by atoms with Gasteiger partial charge in [0, 0.05) is 12.6 Å². The summed E-state index contributed by atoms with van der Waals surface area (Å²) in [7, 11) is 0. The number of hydrogen-bond acceptors (Lipinski definition) is 5. The summed E-state index contributed by atoms with van der Waals surface area (Å²) < 4.78 is 0. The molecule has 20 heavy (non-hydrogen) atoms. The predicted octanol–water partition coefficient (Wildman–Crippen LogP) is 1.32. The molecule has 106 valence electrons. The van der Waals surface area contributed by atoms with Gasteiger partial charge in [-0.2, -0.15) is 0 Å². The van der Waals surface area contributed by atoms with Crippen molar-refractivity contribution in [2.24, 2.45) is 5.92 Å². The number of nitrogens with zero attached hydrogens (tertiary/aromatic N) is 4. The third-order valence-electron chi connectivity index (χ3n) is 4.38. The van der Waals surface area contributed by atoms with Gasteiger partial charge in [0.25, 0.3) is 0 Å². The lowest BCUT2D eigenvalue weighted by atomic mass is 9.97. The van der Waals surface area contributed by atoms with Crippen LogP contribution in [-0.2, 0) is 0 Å². The summed E-state index contributed by atoms with van der Waals surface area (Å²) >= 11 is 0. The summed E-state index contributed by atoms with van der Waals surface area (Å²) in [6, 6.07) is 0.659. The Labute approximate surface area is 118 Å². The zero-order valence-corrected chi connectivity index (χ0v) is 11.5. The van der Waals surface area contributed by atoms with E-state index in [1.165, 1.54) is 25.7 Å². The zero-order chi connectivity index (χ0) is 13.4. The van der Waals surface area contributed by atoms with E-state index in [0.29, 0.717) is 6.04 Å². The number of fused-ring (bicyclic) bond motifs is 1. The van der Waals surface area contributed by atoms with Gasteiger partial charge in [-0.05, 0) is 44.7 Å². The molecule has 1 saturated carbocycles. The molecule has 0 atom stereocenters. The number of aromatic nitrogens is 4. The van der Waals surface area contributed by atoms with Crippen LogP contribution in [-0.4, -0.2) is 45.6 Å². The molecule has 1 saturated heterocycles. The van der Waals surface area contributed by atoms with Gasteiger partial charge in [-0.1, -0.05) is 0 Å². The first-order chi connectivity index (χ1) is 9.92. The Balaban J connectivity index is 1.63. The number of nitrogens with one attached hydrogen (secondary N) is 2. The van der Waals surface area contributed by atoms with Gasteiger partial charge in [0.1, 0.15) is 11.8 Å². The topological polar surface area (TPSA) is 69.7 Å². The van der Waals surface area contributed by atoms with Gasteiger partial charge in [-0.15, -0.1) is 0 Å². The van der Waals surface area contributed by atoms with Crippen LogP contribution in [0.5, 0.6) is 0 Å². The second-order valence-electron chi connectivity index (χ2n) is 5.88. The van der Waals surface area contributed by atoms with E-state index in [9.17, 15) is 0 Å². The molecule has 1 aliphatic carbocycles. The van der Waals surface area contributed by atoms with Gasteiger partial charge in [-0.25, -0.2) is 15.0 Å². The van der Waals surface area contributed by atoms with Crippen LogP contribution in [0.15, 0.2) is 12.7 Å². The molecule has 2 aromatic rings. The highest BCUT2D eigenvalue weighted by atomic mass is 15.3. The first-order valence-electron chi connectivity index (χ1n) is 7.53. The fraction of sp³-hybridized carbons (Fsp3) is 0.643. The monoisotopic (exact) mass is 272 g/mol. The van der Waals surface area contributed by atoms with E-state index in [0.717, 1.165) is 42.5 Å². The standard InChI is InChI=1S/C14H20N6/c1-2-11(1)20(7-10-3-5-15-6-4-10)14-12-13(17-8-16-12)18-9-19-14/h8-11,15H,1-7H2,(H,16,17,18,19). The molecule has 2 fully saturated rings. The van der Waals surface area contributed by atoms with Crippen molar-refractivity contribution in [1.82, 2.24) is 25.3 Å². The molecule has 2 N–H and O–H groups in total. The minimum atomic E-state index is 0.659. The van der Waals surface area contributed by atoms with E-state index < -0.39 is 0 Å². The van der Waals surface area contributed by atoms with Crippen LogP contribution in [0.25, 0.3) is 11.2 Å². The van der Waals surface area contributed by atoms with Crippen molar-refractivity contribution in [2.45, 2.75) is 31.7 Å². The summed E-state index contributed by atoms with van der Waals surface area (Å²) in [5, 5.41) is 3.44. The quantitative estimate of drug-likeness (QED) is 0.878. The van der Waals surface area contributed by atoms with Crippen LogP contribution >= 0.6 is 0 Å². The van der Waals surface area contributed by atoms with Gasteiger partial charge in [0.05, 0.1) is 6.33 Å². The predicted molar refractivity (Wildman–Crippen MR) is 77.6 cm³/mol. The van der Waals surface area contributed by atoms with Crippen LogP contribution in [0, 0.1) is 5.92 Å². The molecule has 6 nitrogen and oxygen atoms in total. The van der Waals surface area contributed by atoms with Crippen molar-refractivity contribution < 1.29 is 0 Å². The molecule has 0 unspecified atom stereocenters. The number of rotatable bonds is 4. The first kappa shape index (κ1) is 12.1. The summed E-state index contributed by atoms with van der Waals surface area (Å²) in [5.41, 5.74) is 1.75. The number of piperidine rings is 1. The summed E-state index contributed by atoms with van der Waals surface area (Å²) in [4.78, 5) is 18.7. The van der Waals surface area contributed by atoms with Gasteiger partial charge < -0.3 is 15.2 Å². The van der Waals surface area contributed by atoms with Crippen molar-refractivity contribution >= 4 is 17.0 Å².